The van der Waals surface area contributed by atoms with Gasteiger partial charge in [-0.1, -0.05) is 60.7 Å². The Morgan fingerprint density at radius 2 is 1.45 bits per heavy atom. The van der Waals surface area contributed by atoms with E-state index in [1.807, 2.05) is 41.1 Å². The van der Waals surface area contributed by atoms with Crippen LogP contribution in [0, 0.1) is 5.82 Å². The van der Waals surface area contributed by atoms with E-state index in [0.717, 1.165) is 44.0 Å². The monoisotopic (exact) mass is 442 g/mol. The Balaban J connectivity index is 1.38. The van der Waals surface area contributed by atoms with Crippen molar-refractivity contribution in [2.75, 3.05) is 31.1 Å². The number of tetrazole rings is 1. The predicted octanol–water partition coefficient (Wildman–Crippen LogP) is 3.97. The zero-order chi connectivity index (χ0) is 22.5. The first-order valence-corrected chi connectivity index (χ1v) is 11.4. The van der Waals surface area contributed by atoms with Crippen molar-refractivity contribution < 1.29 is 4.39 Å². The van der Waals surface area contributed by atoms with Crippen LogP contribution in [0.3, 0.4) is 0 Å². The molecule has 0 N–H and O–H groups in total. The van der Waals surface area contributed by atoms with Crippen LogP contribution in [-0.2, 0) is 13.0 Å². The fraction of sp³-hybridized carbons (Fsp3) is 0.269. The first-order valence-electron chi connectivity index (χ1n) is 11.4. The number of aryl methyl sites for hydroxylation is 2. The van der Waals surface area contributed by atoms with Gasteiger partial charge in [-0.25, -0.2) is 9.07 Å². The summed E-state index contributed by atoms with van der Waals surface area (Å²) >= 11 is 0. The molecule has 0 saturated carbocycles. The molecule has 0 radical (unpaired) electrons. The fourth-order valence-electron chi connectivity index (χ4n) is 4.49. The van der Waals surface area contributed by atoms with Crippen molar-refractivity contribution in [2.24, 2.45) is 0 Å². The Morgan fingerprint density at radius 1 is 0.788 bits per heavy atom. The maximum Gasteiger partial charge on any atom is 0.173 e. The number of halogens is 1. The van der Waals surface area contributed by atoms with Gasteiger partial charge in [0.05, 0.1) is 6.04 Å². The molecule has 33 heavy (non-hydrogen) atoms. The average molecular weight is 443 g/mol. The second-order valence-electron chi connectivity index (χ2n) is 8.31. The summed E-state index contributed by atoms with van der Waals surface area (Å²) in [7, 11) is 0. The third-order valence-corrected chi connectivity index (χ3v) is 6.25. The van der Waals surface area contributed by atoms with Gasteiger partial charge in [-0.05, 0) is 52.2 Å². The molecule has 168 valence electrons. The van der Waals surface area contributed by atoms with Gasteiger partial charge in [0.1, 0.15) is 5.82 Å². The SMILES string of the molecule is Fc1ccc(C(c2nnnn2CCc2ccccc2)N2CCN(c3ccccc3)CC2)cc1. The van der Waals surface area contributed by atoms with Gasteiger partial charge in [0, 0.05) is 38.4 Å². The number of benzene rings is 3. The van der Waals surface area contributed by atoms with E-state index < -0.39 is 0 Å². The van der Waals surface area contributed by atoms with Gasteiger partial charge in [0.2, 0.25) is 0 Å². The van der Waals surface area contributed by atoms with Gasteiger partial charge in [-0.3, -0.25) is 4.90 Å². The minimum atomic E-state index is -0.241. The lowest BCUT2D eigenvalue weighted by Crippen LogP contribution is -2.48. The van der Waals surface area contributed by atoms with E-state index in [4.69, 9.17) is 0 Å². The fourth-order valence-corrected chi connectivity index (χ4v) is 4.49. The largest absolute Gasteiger partial charge is 0.369 e. The van der Waals surface area contributed by atoms with E-state index >= 15 is 0 Å². The number of piperazine rings is 1. The molecular formula is C26H27FN6. The van der Waals surface area contributed by atoms with Crippen molar-refractivity contribution >= 4 is 5.69 Å². The minimum Gasteiger partial charge on any atom is -0.369 e. The lowest BCUT2D eigenvalue weighted by molar-refractivity contribution is 0.200. The van der Waals surface area contributed by atoms with Crippen LogP contribution in [0.2, 0.25) is 0 Å². The zero-order valence-corrected chi connectivity index (χ0v) is 18.5. The molecule has 1 aliphatic heterocycles. The number of anilines is 1. The number of hydrogen-bond donors (Lipinski definition) is 0. The molecule has 7 heteroatoms. The highest BCUT2D eigenvalue weighted by atomic mass is 19.1. The molecule has 0 aliphatic carbocycles. The topological polar surface area (TPSA) is 50.1 Å². The lowest BCUT2D eigenvalue weighted by atomic mass is 10.0. The Hall–Kier alpha value is -3.58. The molecule has 4 aromatic rings. The second-order valence-corrected chi connectivity index (χ2v) is 8.31. The van der Waals surface area contributed by atoms with E-state index in [9.17, 15) is 4.39 Å². The summed E-state index contributed by atoms with van der Waals surface area (Å²) in [5.41, 5.74) is 3.48. The van der Waals surface area contributed by atoms with E-state index in [0.29, 0.717) is 6.54 Å². The molecule has 2 heterocycles. The second kappa shape index (κ2) is 9.92. The van der Waals surface area contributed by atoms with Crippen LogP contribution in [0.5, 0.6) is 0 Å². The van der Waals surface area contributed by atoms with Gasteiger partial charge >= 0.3 is 0 Å². The van der Waals surface area contributed by atoms with Crippen LogP contribution in [0.4, 0.5) is 10.1 Å². The quantitative estimate of drug-likeness (QED) is 0.434. The predicted molar refractivity (Wildman–Crippen MR) is 126 cm³/mol. The number of hydrogen-bond acceptors (Lipinski definition) is 5. The summed E-state index contributed by atoms with van der Waals surface area (Å²) in [6.07, 6.45) is 0.844. The molecular weight excluding hydrogens is 415 g/mol. The van der Waals surface area contributed by atoms with Gasteiger partial charge < -0.3 is 4.90 Å². The van der Waals surface area contributed by atoms with E-state index in [2.05, 4.69) is 61.7 Å². The van der Waals surface area contributed by atoms with Crippen LogP contribution in [0.1, 0.15) is 23.0 Å². The molecule has 1 fully saturated rings. The van der Waals surface area contributed by atoms with Crippen molar-refractivity contribution in [3.8, 4) is 0 Å². The molecule has 1 atom stereocenters. The van der Waals surface area contributed by atoms with Crippen LogP contribution in [-0.4, -0.2) is 51.3 Å². The van der Waals surface area contributed by atoms with Crippen molar-refractivity contribution in [3.05, 3.63) is 108 Å². The maximum atomic E-state index is 13.7. The van der Waals surface area contributed by atoms with Gasteiger partial charge in [0.15, 0.2) is 5.82 Å². The van der Waals surface area contributed by atoms with Crippen molar-refractivity contribution in [1.82, 2.24) is 25.1 Å². The first kappa shape index (κ1) is 21.3. The minimum absolute atomic E-state index is 0.130. The third-order valence-electron chi connectivity index (χ3n) is 6.25. The summed E-state index contributed by atoms with van der Waals surface area (Å²) in [5, 5.41) is 12.7. The average Bonchev–Trinajstić information content (AvgIpc) is 3.34. The van der Waals surface area contributed by atoms with Crippen LogP contribution < -0.4 is 4.90 Å². The first-order chi connectivity index (χ1) is 16.3. The molecule has 5 rings (SSSR count). The zero-order valence-electron chi connectivity index (χ0n) is 18.5. The highest BCUT2D eigenvalue weighted by Crippen LogP contribution is 2.29. The van der Waals surface area contributed by atoms with Crippen LogP contribution in [0.15, 0.2) is 84.9 Å². The number of para-hydroxylation sites is 1. The van der Waals surface area contributed by atoms with Crippen LogP contribution >= 0.6 is 0 Å². The smallest absolute Gasteiger partial charge is 0.173 e. The molecule has 1 saturated heterocycles. The van der Waals surface area contributed by atoms with E-state index in [1.165, 1.54) is 23.4 Å². The lowest BCUT2D eigenvalue weighted by Gasteiger charge is -2.39. The normalized spacial score (nSPS) is 15.5. The molecule has 0 bridgehead atoms. The highest BCUT2D eigenvalue weighted by Gasteiger charge is 2.30. The van der Waals surface area contributed by atoms with Crippen molar-refractivity contribution in [3.63, 3.8) is 0 Å². The molecule has 3 aromatic carbocycles. The van der Waals surface area contributed by atoms with Gasteiger partial charge in [-0.2, -0.15) is 0 Å². The van der Waals surface area contributed by atoms with Crippen LogP contribution in [0.25, 0.3) is 0 Å². The Labute approximate surface area is 193 Å². The Kier molecular flexibility index (Phi) is 6.39. The number of rotatable bonds is 7. The van der Waals surface area contributed by atoms with Gasteiger partial charge in [-0.15, -0.1) is 5.10 Å². The standard InChI is InChI=1S/C26H27FN6/c27-23-13-11-22(12-14-23)25(32-19-17-31(18-20-32)24-9-5-2-6-10-24)26-28-29-30-33(26)16-15-21-7-3-1-4-8-21/h1-14,25H,15-20H2. The van der Waals surface area contributed by atoms with Crippen molar-refractivity contribution in [2.45, 2.75) is 19.0 Å². The van der Waals surface area contributed by atoms with Gasteiger partial charge in [0.25, 0.3) is 0 Å². The molecule has 6 nitrogen and oxygen atoms in total. The number of nitrogens with zero attached hydrogens (tertiary/aromatic N) is 6. The summed E-state index contributed by atoms with van der Waals surface area (Å²) < 4.78 is 15.6. The third kappa shape index (κ3) is 4.93. The molecule has 0 amide bonds. The summed E-state index contributed by atoms with van der Waals surface area (Å²) in [6.45, 7) is 4.24. The Morgan fingerprint density at radius 3 is 2.15 bits per heavy atom. The maximum absolute atomic E-state index is 13.7. The van der Waals surface area contributed by atoms with E-state index in [-0.39, 0.29) is 11.9 Å². The molecule has 0 spiro atoms. The van der Waals surface area contributed by atoms with Crippen molar-refractivity contribution in [1.29, 1.82) is 0 Å². The molecule has 1 aromatic heterocycles. The summed E-state index contributed by atoms with van der Waals surface area (Å²) in [6, 6.07) is 27.4. The number of aromatic nitrogens is 4. The molecule has 1 unspecified atom stereocenters. The molecule has 1 aliphatic rings. The van der Waals surface area contributed by atoms with E-state index in [1.54, 1.807) is 0 Å². The summed E-state index contributed by atoms with van der Waals surface area (Å²) in [4.78, 5) is 4.80. The Bertz CT molecular complexity index is 1140. The highest BCUT2D eigenvalue weighted by molar-refractivity contribution is 5.46. The summed E-state index contributed by atoms with van der Waals surface area (Å²) in [5.74, 6) is 0.556.